The van der Waals surface area contributed by atoms with Gasteiger partial charge in [-0.3, -0.25) is 14.4 Å². The van der Waals surface area contributed by atoms with E-state index in [1.807, 2.05) is 0 Å². The van der Waals surface area contributed by atoms with Gasteiger partial charge in [-0.1, -0.05) is 162 Å². The van der Waals surface area contributed by atoms with Gasteiger partial charge in [0.05, 0.1) is 12.7 Å². The molecule has 1 amide bonds. The van der Waals surface area contributed by atoms with E-state index < -0.39 is 6.10 Å². The number of hydrogen-bond donors (Lipinski definition) is 4. The summed E-state index contributed by atoms with van der Waals surface area (Å²) in [6, 6.07) is 1.40. The van der Waals surface area contributed by atoms with Crippen LogP contribution in [-0.4, -0.2) is 82.9 Å². The van der Waals surface area contributed by atoms with Crippen molar-refractivity contribution in [2.45, 2.75) is 264 Å². The number of unbranched alkanes of at least 4 members (excludes halogenated alkanes) is 25. The Morgan fingerprint density at radius 3 is 1.59 bits per heavy atom. The van der Waals surface area contributed by atoms with Crippen molar-refractivity contribution < 1.29 is 34.1 Å². The molecule has 1 heterocycles. The van der Waals surface area contributed by atoms with Gasteiger partial charge in [-0.2, -0.15) is 0 Å². The van der Waals surface area contributed by atoms with Crippen LogP contribution in [0.2, 0.25) is 0 Å². The number of aromatic hydroxyl groups is 1. The van der Waals surface area contributed by atoms with E-state index in [-0.39, 0.29) is 29.7 Å². The maximum atomic E-state index is 12.9. The van der Waals surface area contributed by atoms with Crippen LogP contribution < -0.4 is 5.32 Å². The van der Waals surface area contributed by atoms with Gasteiger partial charge in [0.1, 0.15) is 17.5 Å². The lowest BCUT2D eigenvalue weighted by Gasteiger charge is -2.25. The number of nitrogens with one attached hydrogen (secondary N) is 2. The smallest absolute Gasteiger partial charge is 0.306 e. The Hall–Kier alpha value is -2.59. The first-order valence-electron chi connectivity index (χ1n) is 26.7. The van der Waals surface area contributed by atoms with E-state index in [9.17, 15) is 24.6 Å². The maximum Gasteiger partial charge on any atom is 0.306 e. The van der Waals surface area contributed by atoms with Crippen molar-refractivity contribution in [2.24, 2.45) is 0 Å². The third-order valence-electron chi connectivity index (χ3n) is 12.4. The van der Waals surface area contributed by atoms with E-state index in [1.165, 1.54) is 121 Å². The molecule has 0 saturated heterocycles. The Morgan fingerprint density at radius 1 is 0.587 bits per heavy atom. The minimum atomic E-state index is -0.450. The highest BCUT2D eigenvalue weighted by Gasteiger charge is 2.16. The highest BCUT2D eigenvalue weighted by Crippen LogP contribution is 2.19. The molecular weight excluding hydrogens is 791 g/mol. The van der Waals surface area contributed by atoms with Crippen molar-refractivity contribution in [3.8, 4) is 5.75 Å². The number of carbonyl (C=O) groups excluding carboxylic acids is 3. The fraction of sp³-hybridized carbons (Fsp3) is 0.868. The number of aliphatic hydroxyl groups is 1. The molecule has 0 aliphatic heterocycles. The number of rotatable bonds is 47. The summed E-state index contributed by atoms with van der Waals surface area (Å²) in [5, 5.41) is 23.3. The van der Waals surface area contributed by atoms with Crippen molar-refractivity contribution in [1.29, 1.82) is 0 Å². The van der Waals surface area contributed by atoms with Gasteiger partial charge < -0.3 is 34.9 Å². The van der Waals surface area contributed by atoms with Gasteiger partial charge in [-0.15, -0.1) is 0 Å². The van der Waals surface area contributed by atoms with Crippen molar-refractivity contribution in [2.75, 3.05) is 32.8 Å². The average Bonchev–Trinajstić information content (AvgIpc) is 3.71. The van der Waals surface area contributed by atoms with E-state index in [2.05, 4.69) is 36.0 Å². The monoisotopic (exact) mass is 890 g/mol. The number of aromatic nitrogens is 1. The van der Waals surface area contributed by atoms with Crippen LogP contribution in [0.1, 0.15) is 262 Å². The second-order valence-electron chi connectivity index (χ2n) is 18.6. The summed E-state index contributed by atoms with van der Waals surface area (Å²) in [7, 11) is 0. The lowest BCUT2D eigenvalue weighted by Crippen LogP contribution is -2.34. The van der Waals surface area contributed by atoms with Crippen LogP contribution >= 0.6 is 0 Å². The van der Waals surface area contributed by atoms with Crippen LogP contribution in [0.4, 0.5) is 0 Å². The third-order valence-corrected chi connectivity index (χ3v) is 12.4. The Kier molecular flexibility index (Phi) is 40.2. The number of amides is 1. The zero-order chi connectivity index (χ0) is 45.9. The van der Waals surface area contributed by atoms with Crippen LogP contribution in [0.25, 0.3) is 0 Å². The van der Waals surface area contributed by atoms with E-state index in [4.69, 9.17) is 9.47 Å². The third kappa shape index (κ3) is 37.3. The number of hydrogen-bond acceptors (Lipinski definition) is 8. The molecule has 1 unspecified atom stereocenters. The van der Waals surface area contributed by atoms with Gasteiger partial charge in [-0.25, -0.2) is 0 Å². The second kappa shape index (κ2) is 43.3. The molecule has 368 valence electrons. The molecule has 0 aliphatic carbocycles. The number of H-pyrrole nitrogens is 1. The van der Waals surface area contributed by atoms with Gasteiger partial charge in [0.2, 0.25) is 0 Å². The molecule has 1 aromatic heterocycles. The average molecular weight is 890 g/mol. The van der Waals surface area contributed by atoms with E-state index in [0.717, 1.165) is 116 Å². The fourth-order valence-corrected chi connectivity index (χ4v) is 8.40. The quantitative estimate of drug-likeness (QED) is 0.0374. The Labute approximate surface area is 386 Å². The van der Waals surface area contributed by atoms with Crippen LogP contribution in [0.15, 0.2) is 12.3 Å². The molecule has 0 fully saturated rings. The highest BCUT2D eigenvalue weighted by atomic mass is 16.5. The van der Waals surface area contributed by atoms with Gasteiger partial charge in [0, 0.05) is 38.2 Å². The van der Waals surface area contributed by atoms with Crippen molar-refractivity contribution in [3.05, 3.63) is 18.0 Å². The molecule has 0 aliphatic rings. The van der Waals surface area contributed by atoms with E-state index in [0.29, 0.717) is 44.7 Å². The number of nitrogens with zero attached hydrogens (tertiary/aromatic N) is 1. The van der Waals surface area contributed by atoms with Crippen LogP contribution in [0.5, 0.6) is 5.75 Å². The lowest BCUT2D eigenvalue weighted by atomic mass is 10.0. The molecule has 0 radical (unpaired) electrons. The van der Waals surface area contributed by atoms with Crippen LogP contribution in [0.3, 0.4) is 0 Å². The summed E-state index contributed by atoms with van der Waals surface area (Å²) in [6.45, 7) is 10.2. The number of aromatic amines is 1. The molecule has 1 aromatic rings. The lowest BCUT2D eigenvalue weighted by molar-refractivity contribution is -0.150. The topological polar surface area (TPSA) is 141 Å². The number of ether oxygens (including phenoxy) is 2. The molecule has 0 saturated carbocycles. The van der Waals surface area contributed by atoms with Gasteiger partial charge in [0.15, 0.2) is 0 Å². The van der Waals surface area contributed by atoms with Crippen LogP contribution in [-0.2, 0) is 19.1 Å². The first-order valence-corrected chi connectivity index (χ1v) is 26.7. The number of esters is 2. The Bertz CT molecular complexity index is 1180. The molecule has 0 bridgehead atoms. The van der Waals surface area contributed by atoms with Crippen LogP contribution in [0, 0.1) is 0 Å². The SMILES string of the molecule is CCCCCCCCCCCOC(=O)CCCCCN(CCCCCCCC(=O)OC(CCCCCCCC)CCCCCCCC)CC(O)CCCCNC(=O)c1cc(O)c[nH]1. The number of aliphatic hydroxyl groups excluding tert-OH is 1. The summed E-state index contributed by atoms with van der Waals surface area (Å²) in [6.07, 6.45) is 40.4. The minimum absolute atomic E-state index is 0.0209. The van der Waals surface area contributed by atoms with Crippen molar-refractivity contribution in [3.63, 3.8) is 0 Å². The summed E-state index contributed by atoms with van der Waals surface area (Å²) >= 11 is 0. The molecule has 4 N–H and O–H groups in total. The molecule has 10 nitrogen and oxygen atoms in total. The maximum absolute atomic E-state index is 12.9. The van der Waals surface area contributed by atoms with E-state index in [1.54, 1.807) is 0 Å². The first kappa shape index (κ1) is 58.4. The second-order valence-corrected chi connectivity index (χ2v) is 18.6. The summed E-state index contributed by atoms with van der Waals surface area (Å²) < 4.78 is 11.6. The predicted molar refractivity (Wildman–Crippen MR) is 261 cm³/mol. The Balaban J connectivity index is 2.41. The van der Waals surface area contributed by atoms with Gasteiger partial charge in [0.25, 0.3) is 5.91 Å². The zero-order valence-corrected chi connectivity index (χ0v) is 41.2. The molecule has 63 heavy (non-hydrogen) atoms. The molecule has 1 rings (SSSR count). The highest BCUT2D eigenvalue weighted by molar-refractivity contribution is 5.92. The van der Waals surface area contributed by atoms with Gasteiger partial charge >= 0.3 is 11.9 Å². The normalized spacial score (nSPS) is 12.0. The minimum Gasteiger partial charge on any atom is -0.506 e. The standard InChI is InChI=1S/C53H99N3O7/c1-4-7-10-13-16-17-18-24-34-43-62-51(59)38-29-25-33-42-56(46-47(57)35-30-31-40-54-53(61)50-44-48(58)45-55-50)41-32-23-19-22-28-39-52(60)63-49(36-26-20-14-11-8-5-2)37-27-21-15-12-9-6-3/h44-45,47,49,55,57-58H,4-43,46H2,1-3H3,(H,54,61). The fourth-order valence-electron chi connectivity index (χ4n) is 8.40. The van der Waals surface area contributed by atoms with E-state index >= 15 is 0 Å². The zero-order valence-electron chi connectivity index (χ0n) is 41.2. The molecule has 0 aromatic carbocycles. The van der Waals surface area contributed by atoms with Crippen molar-refractivity contribution in [1.82, 2.24) is 15.2 Å². The number of carbonyl (C=O) groups is 3. The van der Waals surface area contributed by atoms with Gasteiger partial charge in [-0.05, 0) is 90.1 Å². The summed E-state index contributed by atoms with van der Waals surface area (Å²) in [5.41, 5.74) is 0.331. The predicted octanol–water partition coefficient (Wildman–Crippen LogP) is 13.7. The first-order chi connectivity index (χ1) is 30.8. The summed E-state index contributed by atoms with van der Waals surface area (Å²) in [5.74, 6) is -0.320. The molecule has 10 heteroatoms. The molecule has 0 spiro atoms. The Morgan fingerprint density at radius 2 is 1.05 bits per heavy atom. The molecule has 1 atom stereocenters. The largest absolute Gasteiger partial charge is 0.506 e. The summed E-state index contributed by atoms with van der Waals surface area (Å²) in [4.78, 5) is 42.6. The van der Waals surface area contributed by atoms with Crippen molar-refractivity contribution >= 4 is 17.8 Å². The molecular formula is C53H99N3O7.